The molecule has 0 saturated heterocycles. The number of nitrogens with one attached hydrogen (secondary N) is 1. The lowest BCUT2D eigenvalue weighted by molar-refractivity contribution is -0.0696. The first-order valence-corrected chi connectivity index (χ1v) is 8.90. The third kappa shape index (κ3) is 4.44. The van der Waals surface area contributed by atoms with Crippen LogP contribution in [0.25, 0.3) is 0 Å². The van der Waals surface area contributed by atoms with E-state index in [4.69, 9.17) is 4.74 Å². The quantitative estimate of drug-likeness (QED) is 0.832. The zero-order valence-electron chi connectivity index (χ0n) is 14.0. The zero-order chi connectivity index (χ0) is 15.3. The van der Waals surface area contributed by atoms with Crippen LogP contribution >= 0.6 is 0 Å². The Morgan fingerprint density at radius 2 is 2.00 bits per heavy atom. The maximum Gasteiger partial charge on any atom is 0.109 e. The van der Waals surface area contributed by atoms with Gasteiger partial charge in [0.2, 0.25) is 0 Å². The zero-order valence-corrected chi connectivity index (χ0v) is 14.0. The molecule has 2 aliphatic rings. The monoisotopic (exact) mass is 292 g/mol. The van der Waals surface area contributed by atoms with Gasteiger partial charge < -0.3 is 4.74 Å². The van der Waals surface area contributed by atoms with E-state index in [1.165, 1.54) is 19.3 Å². The first kappa shape index (κ1) is 16.8. The van der Waals surface area contributed by atoms with Crippen LogP contribution in [0.4, 0.5) is 0 Å². The molecule has 21 heavy (non-hydrogen) atoms. The van der Waals surface area contributed by atoms with Crippen LogP contribution in [0, 0.1) is 23.2 Å². The van der Waals surface area contributed by atoms with E-state index in [-0.39, 0.29) is 11.6 Å². The molecule has 1 N–H and O–H groups in total. The predicted octanol–water partition coefficient (Wildman–Crippen LogP) is 4.03. The molecule has 0 amide bonds. The molecule has 0 radical (unpaired) electrons. The number of hydrogen-bond donors (Lipinski definition) is 1. The van der Waals surface area contributed by atoms with Crippen molar-refractivity contribution >= 4 is 0 Å². The van der Waals surface area contributed by atoms with E-state index in [2.05, 4.69) is 32.2 Å². The average molecular weight is 292 g/mol. The summed E-state index contributed by atoms with van der Waals surface area (Å²) < 4.78 is 6.40. The van der Waals surface area contributed by atoms with E-state index in [0.717, 1.165) is 50.5 Å². The highest BCUT2D eigenvalue weighted by Crippen LogP contribution is 2.35. The number of rotatable bonds is 5. The van der Waals surface area contributed by atoms with Crippen molar-refractivity contribution in [3.05, 3.63) is 0 Å². The van der Waals surface area contributed by atoms with Crippen molar-refractivity contribution in [2.24, 2.45) is 11.8 Å². The molecular formula is C18H32N2O. The fourth-order valence-corrected chi connectivity index (χ4v) is 3.90. The highest BCUT2D eigenvalue weighted by molar-refractivity contribution is 5.10. The molecule has 3 nitrogen and oxygen atoms in total. The van der Waals surface area contributed by atoms with E-state index in [1.54, 1.807) is 0 Å². The standard InChI is InChI=1S/C18H32N2O/c1-4-10-20-18(13-19)9-5-6-17(12-18)21-16-8-7-14(2)15(3)11-16/h14-17,20H,4-12H2,1-3H3. The fraction of sp³-hybridized carbons (Fsp3) is 0.944. The van der Waals surface area contributed by atoms with Crippen LogP contribution in [0.1, 0.15) is 72.1 Å². The van der Waals surface area contributed by atoms with Gasteiger partial charge in [-0.3, -0.25) is 5.32 Å². The van der Waals surface area contributed by atoms with E-state index < -0.39 is 0 Å². The molecule has 3 heteroatoms. The fourth-order valence-electron chi connectivity index (χ4n) is 3.90. The maximum atomic E-state index is 9.60. The summed E-state index contributed by atoms with van der Waals surface area (Å²) in [6.07, 6.45) is 9.51. The molecule has 0 aromatic carbocycles. The lowest BCUT2D eigenvalue weighted by Gasteiger charge is -2.40. The third-order valence-electron chi connectivity index (χ3n) is 5.57. The molecular weight excluding hydrogens is 260 g/mol. The highest BCUT2D eigenvalue weighted by Gasteiger charge is 2.38. The summed E-state index contributed by atoms with van der Waals surface area (Å²) in [4.78, 5) is 0. The molecule has 0 aliphatic heterocycles. The molecule has 0 spiro atoms. The number of nitriles is 1. The Hall–Kier alpha value is -0.590. The van der Waals surface area contributed by atoms with Gasteiger partial charge in [0.1, 0.15) is 5.54 Å². The smallest absolute Gasteiger partial charge is 0.109 e. The summed E-state index contributed by atoms with van der Waals surface area (Å²) in [5, 5.41) is 13.1. The van der Waals surface area contributed by atoms with E-state index >= 15 is 0 Å². The first-order chi connectivity index (χ1) is 10.1. The third-order valence-corrected chi connectivity index (χ3v) is 5.57. The van der Waals surface area contributed by atoms with Crippen LogP contribution < -0.4 is 5.32 Å². The predicted molar refractivity (Wildman–Crippen MR) is 85.9 cm³/mol. The lowest BCUT2D eigenvalue weighted by atomic mass is 9.79. The summed E-state index contributed by atoms with van der Waals surface area (Å²) in [6, 6.07) is 2.54. The van der Waals surface area contributed by atoms with Gasteiger partial charge in [0.05, 0.1) is 18.3 Å². The minimum absolute atomic E-state index is 0.272. The lowest BCUT2D eigenvalue weighted by Crippen LogP contribution is -2.50. The minimum atomic E-state index is -0.341. The number of ether oxygens (including phenoxy) is 1. The second-order valence-electron chi connectivity index (χ2n) is 7.36. The molecule has 2 aliphatic carbocycles. The van der Waals surface area contributed by atoms with Crippen molar-refractivity contribution in [2.45, 2.75) is 89.9 Å². The minimum Gasteiger partial charge on any atom is -0.375 e. The molecule has 120 valence electrons. The van der Waals surface area contributed by atoms with Gasteiger partial charge in [-0.2, -0.15) is 5.26 Å². The van der Waals surface area contributed by atoms with Crippen LogP contribution in [0.3, 0.4) is 0 Å². The summed E-state index contributed by atoms with van der Waals surface area (Å²) in [5.41, 5.74) is -0.341. The van der Waals surface area contributed by atoms with Crippen LogP contribution in [0.15, 0.2) is 0 Å². The van der Waals surface area contributed by atoms with Crippen molar-refractivity contribution in [2.75, 3.05) is 6.54 Å². The number of hydrogen-bond acceptors (Lipinski definition) is 3. The Balaban J connectivity index is 1.87. The number of nitrogens with zero attached hydrogens (tertiary/aromatic N) is 1. The highest BCUT2D eigenvalue weighted by atomic mass is 16.5. The normalized spacial score (nSPS) is 40.7. The molecule has 0 bridgehead atoms. The Morgan fingerprint density at radius 1 is 1.19 bits per heavy atom. The molecule has 2 rings (SSSR count). The van der Waals surface area contributed by atoms with Crippen molar-refractivity contribution in [1.29, 1.82) is 5.26 Å². The van der Waals surface area contributed by atoms with E-state index in [0.29, 0.717) is 6.10 Å². The Bertz CT molecular complexity index is 365. The molecule has 0 aromatic rings. The van der Waals surface area contributed by atoms with Gasteiger partial charge in [0, 0.05) is 6.42 Å². The van der Waals surface area contributed by atoms with Gasteiger partial charge in [-0.05, 0) is 63.3 Å². The molecule has 0 aromatic heterocycles. The average Bonchev–Trinajstić information content (AvgIpc) is 2.49. The second-order valence-corrected chi connectivity index (χ2v) is 7.36. The van der Waals surface area contributed by atoms with Gasteiger partial charge in [-0.25, -0.2) is 0 Å². The molecule has 2 fully saturated rings. The Kier molecular flexibility index (Phi) is 6.08. The second kappa shape index (κ2) is 7.61. The maximum absolute atomic E-state index is 9.60. The van der Waals surface area contributed by atoms with Gasteiger partial charge in [0.25, 0.3) is 0 Å². The van der Waals surface area contributed by atoms with Crippen molar-refractivity contribution < 1.29 is 4.74 Å². The van der Waals surface area contributed by atoms with Crippen LogP contribution in [-0.4, -0.2) is 24.3 Å². The van der Waals surface area contributed by atoms with Gasteiger partial charge in [-0.15, -0.1) is 0 Å². The van der Waals surface area contributed by atoms with Gasteiger partial charge >= 0.3 is 0 Å². The molecule has 5 unspecified atom stereocenters. The van der Waals surface area contributed by atoms with E-state index in [9.17, 15) is 5.26 Å². The van der Waals surface area contributed by atoms with Crippen molar-refractivity contribution in [3.8, 4) is 6.07 Å². The largest absolute Gasteiger partial charge is 0.375 e. The Morgan fingerprint density at radius 3 is 2.67 bits per heavy atom. The molecule has 0 heterocycles. The first-order valence-electron chi connectivity index (χ1n) is 8.90. The van der Waals surface area contributed by atoms with Crippen LogP contribution in [0.5, 0.6) is 0 Å². The van der Waals surface area contributed by atoms with Crippen LogP contribution in [-0.2, 0) is 4.74 Å². The van der Waals surface area contributed by atoms with Gasteiger partial charge in [-0.1, -0.05) is 20.8 Å². The SMILES string of the molecule is CCCNC1(C#N)CCCC(OC2CCC(C)C(C)C2)C1. The van der Waals surface area contributed by atoms with Crippen molar-refractivity contribution in [1.82, 2.24) is 5.32 Å². The summed E-state index contributed by atoms with van der Waals surface area (Å²) in [7, 11) is 0. The van der Waals surface area contributed by atoms with Gasteiger partial charge in [0.15, 0.2) is 0 Å². The topological polar surface area (TPSA) is 45.0 Å². The summed E-state index contributed by atoms with van der Waals surface area (Å²) in [5.74, 6) is 1.60. The Labute approximate surface area is 130 Å². The summed E-state index contributed by atoms with van der Waals surface area (Å²) >= 11 is 0. The van der Waals surface area contributed by atoms with Crippen LogP contribution in [0.2, 0.25) is 0 Å². The van der Waals surface area contributed by atoms with E-state index in [1.807, 2.05) is 0 Å². The molecule has 2 saturated carbocycles. The van der Waals surface area contributed by atoms with Crippen molar-refractivity contribution in [3.63, 3.8) is 0 Å². The molecule has 5 atom stereocenters. The summed E-state index contributed by atoms with van der Waals surface area (Å²) in [6.45, 7) is 7.79.